The molecule has 20 heavy (non-hydrogen) atoms. The fraction of sp³-hybridized carbons (Fsp3) is 0.462. The molecule has 0 radical (unpaired) electrons. The van der Waals surface area contributed by atoms with Gasteiger partial charge in [-0.2, -0.15) is 0 Å². The van der Waals surface area contributed by atoms with Gasteiger partial charge < -0.3 is 14.5 Å². The summed E-state index contributed by atoms with van der Waals surface area (Å²) in [6, 6.07) is 3.48. The Kier molecular flexibility index (Phi) is 6.17. The summed E-state index contributed by atoms with van der Waals surface area (Å²) < 4.78 is 4.76. The zero-order valence-electron chi connectivity index (χ0n) is 11.8. The molecule has 7 heteroatoms. The minimum absolute atomic E-state index is 0.0767. The normalized spacial score (nSPS) is 9.95. The lowest BCUT2D eigenvalue weighted by atomic mass is 10.4. The fourth-order valence-electron chi connectivity index (χ4n) is 1.47. The zero-order chi connectivity index (χ0) is 15.1. The highest BCUT2D eigenvalue weighted by molar-refractivity contribution is 7.12. The van der Waals surface area contributed by atoms with Gasteiger partial charge in [0.25, 0.3) is 5.91 Å². The largest absolute Gasteiger partial charge is 0.465 e. The van der Waals surface area contributed by atoms with Crippen LogP contribution in [0.15, 0.2) is 17.5 Å². The number of esters is 1. The van der Waals surface area contributed by atoms with Gasteiger partial charge in [-0.05, 0) is 18.4 Å². The van der Waals surface area contributed by atoms with Crippen molar-refractivity contribution in [1.82, 2.24) is 9.80 Å². The Morgan fingerprint density at radius 2 is 1.90 bits per heavy atom. The van der Waals surface area contributed by atoms with Crippen LogP contribution in [0.1, 0.15) is 16.6 Å². The van der Waals surface area contributed by atoms with Crippen molar-refractivity contribution < 1.29 is 19.1 Å². The third kappa shape index (κ3) is 4.65. The molecule has 0 spiro atoms. The van der Waals surface area contributed by atoms with Crippen molar-refractivity contribution >= 4 is 29.1 Å². The Hall–Kier alpha value is -1.89. The van der Waals surface area contributed by atoms with Gasteiger partial charge >= 0.3 is 5.97 Å². The average molecular weight is 298 g/mol. The monoisotopic (exact) mass is 298 g/mol. The van der Waals surface area contributed by atoms with Gasteiger partial charge in [0, 0.05) is 14.1 Å². The molecule has 0 aliphatic carbocycles. The van der Waals surface area contributed by atoms with E-state index in [0.717, 1.165) is 0 Å². The summed E-state index contributed by atoms with van der Waals surface area (Å²) in [5.74, 6) is -0.987. The summed E-state index contributed by atoms with van der Waals surface area (Å²) in [6.45, 7) is 1.78. The molecule has 110 valence electrons. The summed E-state index contributed by atoms with van der Waals surface area (Å²) in [5, 5.41) is 1.80. The molecule has 1 aromatic heterocycles. The van der Waals surface area contributed by atoms with Crippen LogP contribution in [-0.4, -0.2) is 61.4 Å². The Labute approximate surface area is 121 Å². The van der Waals surface area contributed by atoms with Crippen LogP contribution in [0.4, 0.5) is 0 Å². The van der Waals surface area contributed by atoms with Crippen molar-refractivity contribution in [3.8, 4) is 0 Å². The van der Waals surface area contributed by atoms with Crippen molar-refractivity contribution in [2.24, 2.45) is 0 Å². The second kappa shape index (κ2) is 7.64. The first-order chi connectivity index (χ1) is 9.45. The lowest BCUT2D eigenvalue weighted by Gasteiger charge is -2.21. The average Bonchev–Trinajstić information content (AvgIpc) is 2.91. The third-order valence-corrected chi connectivity index (χ3v) is 3.41. The molecule has 0 bridgehead atoms. The Bertz CT molecular complexity index is 473. The van der Waals surface area contributed by atoms with Crippen LogP contribution in [-0.2, 0) is 14.3 Å². The van der Waals surface area contributed by atoms with Crippen molar-refractivity contribution in [1.29, 1.82) is 0 Å². The van der Waals surface area contributed by atoms with Crippen molar-refractivity contribution in [2.45, 2.75) is 6.92 Å². The highest BCUT2D eigenvalue weighted by Crippen LogP contribution is 2.11. The van der Waals surface area contributed by atoms with Crippen LogP contribution in [0.5, 0.6) is 0 Å². The number of ether oxygens (including phenoxy) is 1. The van der Waals surface area contributed by atoms with Crippen LogP contribution in [0, 0.1) is 0 Å². The topological polar surface area (TPSA) is 66.9 Å². The predicted octanol–water partition coefficient (Wildman–Crippen LogP) is 0.842. The quantitative estimate of drug-likeness (QED) is 0.730. The molecule has 0 saturated carbocycles. The summed E-state index contributed by atoms with van der Waals surface area (Å²) in [5.41, 5.74) is 0. The zero-order valence-corrected chi connectivity index (χ0v) is 12.6. The molecule has 1 heterocycles. The van der Waals surface area contributed by atoms with E-state index in [1.165, 1.54) is 28.2 Å². The lowest BCUT2D eigenvalue weighted by Crippen LogP contribution is -2.41. The number of amides is 2. The standard InChI is InChI=1S/C13H18N2O4S/c1-4-19-12(17)9-14(2)11(16)8-15(3)13(18)10-6-5-7-20-10/h5-7H,4,8-9H2,1-3H3. The molecule has 1 aromatic rings. The molecule has 0 aliphatic heterocycles. The number of carbonyl (C=O) groups excluding carboxylic acids is 3. The number of rotatable bonds is 6. The van der Waals surface area contributed by atoms with Crippen LogP contribution in [0.2, 0.25) is 0 Å². The molecule has 0 saturated heterocycles. The molecular formula is C13H18N2O4S. The summed E-state index contributed by atoms with van der Waals surface area (Å²) >= 11 is 1.32. The second-order valence-corrected chi connectivity index (χ2v) is 5.14. The number of likely N-dealkylation sites (N-methyl/N-ethyl adjacent to an activating group) is 2. The van der Waals surface area contributed by atoms with Gasteiger partial charge in [-0.1, -0.05) is 6.07 Å². The first kappa shape index (κ1) is 16.2. The molecule has 0 aliphatic rings. The van der Waals surface area contributed by atoms with Gasteiger partial charge in [-0.25, -0.2) is 0 Å². The van der Waals surface area contributed by atoms with Gasteiger partial charge in [0.15, 0.2) is 0 Å². The smallest absolute Gasteiger partial charge is 0.325 e. The van der Waals surface area contributed by atoms with E-state index < -0.39 is 5.97 Å². The van der Waals surface area contributed by atoms with E-state index in [4.69, 9.17) is 4.74 Å². The van der Waals surface area contributed by atoms with E-state index in [1.54, 1.807) is 31.5 Å². The van der Waals surface area contributed by atoms with Crippen LogP contribution in [0.3, 0.4) is 0 Å². The van der Waals surface area contributed by atoms with E-state index in [2.05, 4.69) is 0 Å². The van der Waals surface area contributed by atoms with Crippen molar-refractivity contribution in [3.63, 3.8) is 0 Å². The molecular weight excluding hydrogens is 280 g/mol. The Balaban J connectivity index is 2.48. The SMILES string of the molecule is CCOC(=O)CN(C)C(=O)CN(C)C(=O)c1cccs1. The number of thiophene rings is 1. The van der Waals surface area contributed by atoms with Gasteiger partial charge in [0.05, 0.1) is 18.0 Å². The molecule has 1 rings (SSSR count). The summed E-state index contributed by atoms with van der Waals surface area (Å²) in [4.78, 5) is 38.3. The lowest BCUT2D eigenvalue weighted by molar-refractivity contribution is -0.148. The molecule has 2 amide bonds. The Morgan fingerprint density at radius 3 is 2.45 bits per heavy atom. The third-order valence-electron chi connectivity index (χ3n) is 2.55. The van der Waals surface area contributed by atoms with Crippen molar-refractivity contribution in [3.05, 3.63) is 22.4 Å². The summed E-state index contributed by atoms with van der Waals surface area (Å²) in [7, 11) is 3.06. The molecule has 6 nitrogen and oxygen atoms in total. The molecule has 0 fully saturated rings. The van der Waals surface area contributed by atoms with Crippen LogP contribution in [0.25, 0.3) is 0 Å². The Morgan fingerprint density at radius 1 is 1.20 bits per heavy atom. The predicted molar refractivity (Wildman–Crippen MR) is 75.5 cm³/mol. The van der Waals surface area contributed by atoms with Gasteiger partial charge in [-0.15, -0.1) is 11.3 Å². The minimum Gasteiger partial charge on any atom is -0.465 e. The van der Waals surface area contributed by atoms with Crippen LogP contribution < -0.4 is 0 Å². The van der Waals surface area contributed by atoms with E-state index in [0.29, 0.717) is 4.88 Å². The molecule has 0 atom stereocenters. The van der Waals surface area contributed by atoms with Crippen LogP contribution >= 0.6 is 11.3 Å². The maximum atomic E-state index is 12.0. The van der Waals surface area contributed by atoms with E-state index in [1.807, 2.05) is 0 Å². The van der Waals surface area contributed by atoms with E-state index in [9.17, 15) is 14.4 Å². The van der Waals surface area contributed by atoms with Crippen molar-refractivity contribution in [2.75, 3.05) is 33.8 Å². The molecule has 0 aromatic carbocycles. The molecule has 0 N–H and O–H groups in total. The number of hydrogen-bond acceptors (Lipinski definition) is 5. The number of nitrogens with zero attached hydrogens (tertiary/aromatic N) is 2. The van der Waals surface area contributed by atoms with Gasteiger partial charge in [0.1, 0.15) is 6.54 Å². The molecule has 0 unspecified atom stereocenters. The maximum Gasteiger partial charge on any atom is 0.325 e. The first-order valence-electron chi connectivity index (χ1n) is 6.14. The summed E-state index contributed by atoms with van der Waals surface area (Å²) in [6.07, 6.45) is 0. The highest BCUT2D eigenvalue weighted by Gasteiger charge is 2.19. The van der Waals surface area contributed by atoms with E-state index in [-0.39, 0.29) is 31.5 Å². The number of carbonyl (C=O) groups is 3. The second-order valence-electron chi connectivity index (χ2n) is 4.19. The van der Waals surface area contributed by atoms with Gasteiger partial charge in [-0.3, -0.25) is 14.4 Å². The van der Waals surface area contributed by atoms with E-state index >= 15 is 0 Å². The maximum absolute atomic E-state index is 12.0. The minimum atomic E-state index is -0.462. The fourth-order valence-corrected chi connectivity index (χ4v) is 2.19. The highest BCUT2D eigenvalue weighted by atomic mass is 32.1. The first-order valence-corrected chi connectivity index (χ1v) is 7.02. The number of hydrogen-bond donors (Lipinski definition) is 0. The van der Waals surface area contributed by atoms with Gasteiger partial charge in [0.2, 0.25) is 5.91 Å².